The first kappa shape index (κ1) is 17.7. The van der Waals surface area contributed by atoms with Gasteiger partial charge in [-0.05, 0) is 30.3 Å². The zero-order valence-corrected chi connectivity index (χ0v) is 17.4. The second-order valence-corrected chi connectivity index (χ2v) is 8.87. The summed E-state index contributed by atoms with van der Waals surface area (Å²) in [5, 5.41) is 4.72. The monoisotopic (exact) mass is 416 g/mol. The standard InChI is InChI=1S/C23H20N4O2S/c1-26-13-17-21(25-26)16-4-2-3-5-19(16)29-23(17)8-10-27(11-9-23)22(28)15-6-7-18-20(12-15)30-14-24-18/h2-7,12-14H,8-11H2,1H3. The van der Waals surface area contributed by atoms with Gasteiger partial charge >= 0.3 is 0 Å². The number of piperidine rings is 1. The number of benzene rings is 2. The lowest BCUT2D eigenvalue weighted by Crippen LogP contribution is -2.48. The molecule has 4 heterocycles. The number of ether oxygens (including phenoxy) is 1. The summed E-state index contributed by atoms with van der Waals surface area (Å²) in [7, 11) is 1.95. The highest BCUT2D eigenvalue weighted by Crippen LogP contribution is 2.48. The maximum atomic E-state index is 13.1. The molecule has 0 N–H and O–H groups in total. The van der Waals surface area contributed by atoms with Gasteiger partial charge in [0.15, 0.2) is 0 Å². The molecule has 2 aliphatic heterocycles. The molecule has 30 heavy (non-hydrogen) atoms. The van der Waals surface area contributed by atoms with E-state index in [1.807, 2.05) is 58.5 Å². The third-order valence-corrected chi connectivity index (χ3v) is 7.00. The van der Waals surface area contributed by atoms with Crippen molar-refractivity contribution in [2.75, 3.05) is 13.1 Å². The molecule has 1 amide bonds. The number of carbonyl (C=O) groups is 1. The lowest BCUT2D eigenvalue weighted by Gasteiger charge is -2.44. The molecular formula is C23H20N4O2S. The van der Waals surface area contributed by atoms with E-state index in [-0.39, 0.29) is 5.91 Å². The fraction of sp³-hybridized carbons (Fsp3) is 0.261. The summed E-state index contributed by atoms with van der Waals surface area (Å²) in [5.74, 6) is 0.946. The minimum Gasteiger partial charge on any atom is -0.482 e. The molecule has 4 aromatic rings. The van der Waals surface area contributed by atoms with E-state index in [0.29, 0.717) is 13.1 Å². The van der Waals surface area contributed by atoms with Gasteiger partial charge in [-0.25, -0.2) is 4.98 Å². The van der Waals surface area contributed by atoms with Crippen LogP contribution in [-0.4, -0.2) is 38.7 Å². The Morgan fingerprint density at radius 2 is 2.00 bits per heavy atom. The van der Waals surface area contributed by atoms with Crippen LogP contribution in [0.5, 0.6) is 5.75 Å². The summed E-state index contributed by atoms with van der Waals surface area (Å²) in [5.41, 5.74) is 6.20. The number of likely N-dealkylation sites (tertiary alicyclic amines) is 1. The topological polar surface area (TPSA) is 60.2 Å². The van der Waals surface area contributed by atoms with E-state index in [0.717, 1.165) is 51.2 Å². The summed E-state index contributed by atoms with van der Waals surface area (Å²) in [4.78, 5) is 19.4. The summed E-state index contributed by atoms with van der Waals surface area (Å²) < 4.78 is 9.49. The van der Waals surface area contributed by atoms with Gasteiger partial charge in [-0.1, -0.05) is 12.1 Å². The Balaban J connectivity index is 1.29. The van der Waals surface area contributed by atoms with Crippen LogP contribution < -0.4 is 4.74 Å². The number of nitrogens with zero attached hydrogens (tertiary/aromatic N) is 4. The van der Waals surface area contributed by atoms with Crippen molar-refractivity contribution in [1.29, 1.82) is 0 Å². The van der Waals surface area contributed by atoms with Crippen LogP contribution >= 0.6 is 11.3 Å². The van der Waals surface area contributed by atoms with E-state index >= 15 is 0 Å². The van der Waals surface area contributed by atoms with Gasteiger partial charge in [0.1, 0.15) is 17.0 Å². The van der Waals surface area contributed by atoms with Crippen LogP contribution in [0.25, 0.3) is 21.5 Å². The van der Waals surface area contributed by atoms with Crippen LogP contribution in [0.2, 0.25) is 0 Å². The number of hydrogen-bond donors (Lipinski definition) is 0. The Morgan fingerprint density at radius 1 is 1.17 bits per heavy atom. The van der Waals surface area contributed by atoms with Crippen molar-refractivity contribution in [3.63, 3.8) is 0 Å². The van der Waals surface area contributed by atoms with Gasteiger partial charge in [-0.3, -0.25) is 9.48 Å². The normalized spacial score (nSPS) is 16.9. The number of thiazole rings is 1. The van der Waals surface area contributed by atoms with Gasteiger partial charge in [0.25, 0.3) is 5.91 Å². The Labute approximate surface area is 177 Å². The molecular weight excluding hydrogens is 396 g/mol. The van der Waals surface area contributed by atoms with E-state index in [1.165, 1.54) is 0 Å². The Hall–Kier alpha value is -3.19. The van der Waals surface area contributed by atoms with Crippen molar-refractivity contribution >= 4 is 27.5 Å². The predicted octanol–water partition coefficient (Wildman–Crippen LogP) is 4.22. The maximum absolute atomic E-state index is 13.1. The highest BCUT2D eigenvalue weighted by atomic mass is 32.1. The first-order valence-corrected chi connectivity index (χ1v) is 11.0. The lowest BCUT2D eigenvalue weighted by atomic mass is 9.81. The number of fused-ring (bicyclic) bond motifs is 5. The summed E-state index contributed by atoms with van der Waals surface area (Å²) in [6, 6.07) is 13.8. The molecule has 1 spiro atoms. The molecule has 0 aliphatic carbocycles. The smallest absolute Gasteiger partial charge is 0.253 e. The highest BCUT2D eigenvalue weighted by Gasteiger charge is 2.45. The highest BCUT2D eigenvalue weighted by molar-refractivity contribution is 7.16. The second-order valence-electron chi connectivity index (χ2n) is 7.98. The average molecular weight is 417 g/mol. The fourth-order valence-electron chi connectivity index (χ4n) is 4.65. The van der Waals surface area contributed by atoms with Gasteiger partial charge in [-0.2, -0.15) is 5.10 Å². The summed E-state index contributed by atoms with van der Waals surface area (Å²) in [6.07, 6.45) is 3.56. The third-order valence-electron chi connectivity index (χ3n) is 6.20. The quantitative estimate of drug-likeness (QED) is 0.466. The van der Waals surface area contributed by atoms with Crippen molar-refractivity contribution in [3.05, 3.63) is 65.3 Å². The largest absolute Gasteiger partial charge is 0.482 e. The Morgan fingerprint density at radius 3 is 2.87 bits per heavy atom. The molecule has 0 bridgehead atoms. The first-order valence-electron chi connectivity index (χ1n) is 10.1. The SMILES string of the molecule is Cn1cc2c(n1)-c1ccccc1OC21CCN(C(=O)c2ccc3ncsc3c2)CC1. The van der Waals surface area contributed by atoms with Crippen LogP contribution in [0.1, 0.15) is 28.8 Å². The average Bonchev–Trinajstić information content (AvgIpc) is 3.40. The number of rotatable bonds is 1. The maximum Gasteiger partial charge on any atom is 0.253 e. The van der Waals surface area contributed by atoms with E-state index in [1.54, 1.807) is 11.3 Å². The molecule has 2 aliphatic rings. The molecule has 1 saturated heterocycles. The van der Waals surface area contributed by atoms with E-state index < -0.39 is 5.60 Å². The van der Waals surface area contributed by atoms with Crippen molar-refractivity contribution in [1.82, 2.24) is 19.7 Å². The van der Waals surface area contributed by atoms with Crippen LogP contribution in [0.15, 0.2) is 54.2 Å². The van der Waals surface area contributed by atoms with E-state index in [2.05, 4.69) is 17.2 Å². The molecule has 6 nitrogen and oxygen atoms in total. The van der Waals surface area contributed by atoms with Crippen LogP contribution in [-0.2, 0) is 12.6 Å². The van der Waals surface area contributed by atoms with Crippen LogP contribution in [0.3, 0.4) is 0 Å². The van der Waals surface area contributed by atoms with Gasteiger partial charge < -0.3 is 9.64 Å². The lowest BCUT2D eigenvalue weighted by molar-refractivity contribution is -0.00165. The summed E-state index contributed by atoms with van der Waals surface area (Å²) in [6.45, 7) is 1.30. The number of hydrogen-bond acceptors (Lipinski definition) is 5. The number of carbonyl (C=O) groups excluding carboxylic acids is 1. The predicted molar refractivity (Wildman–Crippen MR) is 116 cm³/mol. The molecule has 0 unspecified atom stereocenters. The van der Waals surface area contributed by atoms with Gasteiger partial charge in [0, 0.05) is 55.9 Å². The third kappa shape index (κ3) is 2.58. The van der Waals surface area contributed by atoms with Gasteiger partial charge in [-0.15, -0.1) is 11.3 Å². The first-order chi connectivity index (χ1) is 14.6. The minimum absolute atomic E-state index is 0.0720. The zero-order valence-electron chi connectivity index (χ0n) is 16.5. The molecule has 0 atom stereocenters. The van der Waals surface area contributed by atoms with Crippen molar-refractivity contribution in [2.45, 2.75) is 18.4 Å². The van der Waals surface area contributed by atoms with Crippen LogP contribution in [0, 0.1) is 0 Å². The number of amides is 1. The molecule has 2 aromatic heterocycles. The van der Waals surface area contributed by atoms with Gasteiger partial charge in [0.05, 0.1) is 15.7 Å². The molecule has 1 fully saturated rings. The van der Waals surface area contributed by atoms with Crippen LogP contribution in [0.4, 0.5) is 0 Å². The Bertz CT molecular complexity index is 1280. The zero-order chi connectivity index (χ0) is 20.3. The molecule has 150 valence electrons. The number of aromatic nitrogens is 3. The molecule has 0 saturated carbocycles. The van der Waals surface area contributed by atoms with Crippen molar-refractivity contribution in [3.8, 4) is 17.0 Å². The molecule has 6 rings (SSSR count). The van der Waals surface area contributed by atoms with Crippen molar-refractivity contribution < 1.29 is 9.53 Å². The number of aryl methyl sites for hydroxylation is 1. The summed E-state index contributed by atoms with van der Waals surface area (Å²) >= 11 is 1.56. The minimum atomic E-state index is -0.434. The van der Waals surface area contributed by atoms with Crippen molar-refractivity contribution in [2.24, 2.45) is 7.05 Å². The Kier molecular flexibility index (Phi) is 3.77. The number of para-hydroxylation sites is 1. The fourth-order valence-corrected chi connectivity index (χ4v) is 5.37. The van der Waals surface area contributed by atoms with E-state index in [4.69, 9.17) is 9.84 Å². The van der Waals surface area contributed by atoms with Gasteiger partial charge in [0.2, 0.25) is 0 Å². The molecule has 0 radical (unpaired) electrons. The van der Waals surface area contributed by atoms with E-state index in [9.17, 15) is 4.79 Å². The second kappa shape index (κ2) is 6.40. The molecule has 2 aromatic carbocycles. The molecule has 7 heteroatoms.